The highest BCUT2D eigenvalue weighted by Crippen LogP contribution is 2.33. The van der Waals surface area contributed by atoms with Crippen LogP contribution in [0.3, 0.4) is 0 Å². The maximum absolute atomic E-state index is 14.2. The Labute approximate surface area is 204 Å². The zero-order chi connectivity index (χ0) is 25.0. The van der Waals surface area contributed by atoms with Crippen LogP contribution in [0, 0.1) is 11.6 Å². The van der Waals surface area contributed by atoms with Crippen LogP contribution in [-0.2, 0) is 6.42 Å². The molecule has 1 fully saturated rings. The lowest BCUT2D eigenvalue weighted by molar-refractivity contribution is 0.0989. The number of halogens is 2. The van der Waals surface area contributed by atoms with Gasteiger partial charge in [0, 0.05) is 36.0 Å². The molecule has 0 unspecified atom stereocenters. The van der Waals surface area contributed by atoms with Gasteiger partial charge in [-0.15, -0.1) is 0 Å². The quantitative estimate of drug-likeness (QED) is 0.432. The minimum absolute atomic E-state index is 0.0135. The Morgan fingerprint density at radius 2 is 1.89 bits per heavy atom. The van der Waals surface area contributed by atoms with Crippen molar-refractivity contribution >= 4 is 35.1 Å². The molecule has 36 heavy (non-hydrogen) atoms. The van der Waals surface area contributed by atoms with Crippen LogP contribution in [0.4, 0.5) is 14.5 Å². The molecule has 6 rings (SSSR count). The maximum atomic E-state index is 14.2. The molecule has 0 saturated carbocycles. The van der Waals surface area contributed by atoms with E-state index in [4.69, 9.17) is 0 Å². The lowest BCUT2D eigenvalue weighted by Gasteiger charge is -2.27. The first-order chi connectivity index (χ1) is 17.4. The van der Waals surface area contributed by atoms with E-state index in [1.54, 1.807) is 22.9 Å². The van der Waals surface area contributed by atoms with Gasteiger partial charge in [0.15, 0.2) is 24.0 Å². The summed E-state index contributed by atoms with van der Waals surface area (Å²) in [5.41, 5.74) is 2.15. The summed E-state index contributed by atoms with van der Waals surface area (Å²) in [5.74, 6) is -2.29. The third-order valence-corrected chi connectivity index (χ3v) is 7.40. The van der Waals surface area contributed by atoms with E-state index in [0.717, 1.165) is 37.1 Å². The minimum atomic E-state index is -0.941. The molecule has 2 aliphatic heterocycles. The summed E-state index contributed by atoms with van der Waals surface area (Å²) < 4.78 is 29.5. The van der Waals surface area contributed by atoms with Gasteiger partial charge >= 0.3 is 5.69 Å². The van der Waals surface area contributed by atoms with Crippen LogP contribution in [0.1, 0.15) is 34.8 Å². The fourth-order valence-corrected chi connectivity index (χ4v) is 5.66. The maximum Gasteiger partial charge on any atom is 0.327 e. The highest BCUT2D eigenvalue weighted by molar-refractivity contribution is 6.72. The second-order valence-corrected chi connectivity index (χ2v) is 9.43. The SMILES string of the molecule is O=C(c1cc(B2CCC(n3c(=O)[nH]c4ncccc43)CC2)[nH]c(=O)c1)N1CCc2c1ccc(F)c2F. The van der Waals surface area contributed by atoms with Crippen LogP contribution < -0.4 is 21.7 Å². The Morgan fingerprint density at radius 3 is 2.69 bits per heavy atom. The number of amides is 1. The molecule has 0 aliphatic carbocycles. The predicted molar refractivity (Wildman–Crippen MR) is 132 cm³/mol. The molecule has 182 valence electrons. The number of fused-ring (bicyclic) bond motifs is 2. The molecule has 1 aromatic carbocycles. The molecule has 0 spiro atoms. The first-order valence-corrected chi connectivity index (χ1v) is 12.0. The van der Waals surface area contributed by atoms with Crippen molar-refractivity contribution in [2.75, 3.05) is 11.4 Å². The van der Waals surface area contributed by atoms with Crippen molar-refractivity contribution in [2.24, 2.45) is 0 Å². The van der Waals surface area contributed by atoms with Crippen LogP contribution in [0.25, 0.3) is 11.2 Å². The zero-order valence-electron chi connectivity index (χ0n) is 19.3. The Morgan fingerprint density at radius 1 is 1.08 bits per heavy atom. The zero-order valence-corrected chi connectivity index (χ0v) is 19.3. The smallest absolute Gasteiger partial charge is 0.327 e. The van der Waals surface area contributed by atoms with Gasteiger partial charge in [-0.25, -0.2) is 18.6 Å². The van der Waals surface area contributed by atoms with Crippen molar-refractivity contribution < 1.29 is 13.6 Å². The molecule has 1 amide bonds. The van der Waals surface area contributed by atoms with Gasteiger partial charge in [-0.05, 0) is 55.2 Å². The van der Waals surface area contributed by atoms with Crippen LogP contribution in [0.5, 0.6) is 0 Å². The molecular formula is C25H22BF2N5O3. The van der Waals surface area contributed by atoms with Gasteiger partial charge < -0.3 is 9.88 Å². The van der Waals surface area contributed by atoms with Gasteiger partial charge in [0.1, 0.15) is 0 Å². The number of pyridine rings is 2. The number of hydrogen-bond acceptors (Lipinski definition) is 4. The molecule has 11 heteroatoms. The molecular weight excluding hydrogens is 467 g/mol. The topological polar surface area (TPSA) is 104 Å². The van der Waals surface area contributed by atoms with Crippen LogP contribution in [-0.4, -0.2) is 38.7 Å². The normalized spacial score (nSPS) is 16.1. The highest BCUT2D eigenvalue weighted by Gasteiger charge is 2.32. The van der Waals surface area contributed by atoms with Gasteiger partial charge in [0.25, 0.3) is 5.91 Å². The van der Waals surface area contributed by atoms with Crippen molar-refractivity contribution in [1.29, 1.82) is 0 Å². The van der Waals surface area contributed by atoms with E-state index in [1.165, 1.54) is 17.0 Å². The number of nitrogens with zero attached hydrogens (tertiary/aromatic N) is 3. The second-order valence-electron chi connectivity index (χ2n) is 9.43. The number of imidazole rings is 1. The molecule has 0 bridgehead atoms. The third kappa shape index (κ3) is 3.66. The Balaban J connectivity index is 1.23. The van der Waals surface area contributed by atoms with E-state index >= 15 is 0 Å². The lowest BCUT2D eigenvalue weighted by Crippen LogP contribution is -2.41. The number of rotatable bonds is 3. The van der Waals surface area contributed by atoms with Crippen molar-refractivity contribution in [1.82, 2.24) is 19.5 Å². The van der Waals surface area contributed by atoms with Crippen molar-refractivity contribution in [3.05, 3.63) is 86.2 Å². The molecule has 1 saturated heterocycles. The third-order valence-electron chi connectivity index (χ3n) is 7.40. The van der Waals surface area contributed by atoms with E-state index < -0.39 is 17.5 Å². The summed E-state index contributed by atoms with van der Waals surface area (Å²) in [7, 11) is 0. The molecule has 3 aromatic heterocycles. The summed E-state index contributed by atoms with van der Waals surface area (Å²) >= 11 is 0. The number of H-pyrrole nitrogens is 2. The van der Waals surface area contributed by atoms with E-state index in [9.17, 15) is 23.2 Å². The monoisotopic (exact) mass is 489 g/mol. The number of aromatic nitrogens is 4. The summed E-state index contributed by atoms with van der Waals surface area (Å²) in [6.07, 6.45) is 4.78. The van der Waals surface area contributed by atoms with Gasteiger partial charge in [-0.1, -0.05) is 12.6 Å². The first-order valence-electron chi connectivity index (χ1n) is 12.0. The predicted octanol–water partition coefficient (Wildman–Crippen LogP) is 2.63. The molecule has 0 atom stereocenters. The number of anilines is 1. The van der Waals surface area contributed by atoms with E-state index in [0.29, 0.717) is 16.9 Å². The van der Waals surface area contributed by atoms with Crippen LogP contribution in [0.15, 0.2) is 52.2 Å². The molecule has 0 radical (unpaired) electrons. The molecule has 2 N–H and O–H groups in total. The summed E-state index contributed by atoms with van der Waals surface area (Å²) in [6.45, 7) is 0.244. The number of hydrogen-bond donors (Lipinski definition) is 2. The molecule has 8 nitrogen and oxygen atoms in total. The highest BCUT2D eigenvalue weighted by atomic mass is 19.2. The van der Waals surface area contributed by atoms with Crippen molar-refractivity contribution in [2.45, 2.75) is 37.9 Å². The Kier molecular flexibility index (Phi) is 5.35. The fourth-order valence-electron chi connectivity index (χ4n) is 5.66. The lowest BCUT2D eigenvalue weighted by atomic mass is 9.39. The summed E-state index contributed by atoms with van der Waals surface area (Å²) in [4.78, 5) is 49.6. The van der Waals surface area contributed by atoms with Crippen molar-refractivity contribution in [3.8, 4) is 0 Å². The van der Waals surface area contributed by atoms with E-state index in [1.807, 2.05) is 6.07 Å². The van der Waals surface area contributed by atoms with Gasteiger partial charge in [0.05, 0.1) is 11.2 Å². The van der Waals surface area contributed by atoms with E-state index in [-0.39, 0.29) is 48.1 Å². The average molecular weight is 489 g/mol. The summed E-state index contributed by atoms with van der Waals surface area (Å²) in [6, 6.07) is 9.03. The number of benzene rings is 1. The minimum Gasteiger partial charge on any atom is -0.335 e. The van der Waals surface area contributed by atoms with E-state index in [2.05, 4.69) is 15.0 Å². The van der Waals surface area contributed by atoms with Crippen molar-refractivity contribution in [3.63, 3.8) is 0 Å². The first kappa shape index (κ1) is 22.4. The van der Waals surface area contributed by atoms with Gasteiger partial charge in [0.2, 0.25) is 5.56 Å². The number of nitrogens with one attached hydrogen (secondary N) is 2. The standard InChI is InChI=1S/C25H22BF2N5O3/c27-17-3-4-18-16(22(17)28)7-11-32(18)24(35)14-12-20(30-21(34)13-14)26-8-5-15(6-9-26)33-19-2-1-10-29-23(19)31-25(33)36/h1-4,10,12-13,15H,5-9,11H2,(H,30,34)(H,29,31,36). The number of carbonyl (C=O) groups is 1. The number of carbonyl (C=O) groups excluding carboxylic acids is 1. The largest absolute Gasteiger partial charge is 0.335 e. The van der Waals surface area contributed by atoms with Crippen LogP contribution in [0.2, 0.25) is 12.6 Å². The fraction of sp³-hybridized carbons (Fsp3) is 0.280. The number of aromatic amines is 2. The molecule has 5 heterocycles. The Hall–Kier alpha value is -4.02. The summed E-state index contributed by atoms with van der Waals surface area (Å²) in [5, 5.41) is 0. The van der Waals surface area contributed by atoms with Gasteiger partial charge in [-0.3, -0.25) is 19.1 Å². The second kappa shape index (κ2) is 8.58. The average Bonchev–Trinajstić information content (AvgIpc) is 3.46. The van der Waals surface area contributed by atoms with Gasteiger partial charge in [-0.2, -0.15) is 0 Å². The Bertz CT molecular complexity index is 1620. The van der Waals surface area contributed by atoms with Crippen LogP contribution >= 0.6 is 0 Å². The molecule has 4 aromatic rings. The molecule has 2 aliphatic rings.